The normalized spacial score (nSPS) is 12.3. The fourth-order valence-electron chi connectivity index (χ4n) is 2.90. The number of amides is 1. The minimum Gasteiger partial charge on any atom is -1.00 e. The summed E-state index contributed by atoms with van der Waals surface area (Å²) in [6.45, 7) is 12.5. The maximum absolute atomic E-state index is 11.7. The molecule has 0 aliphatic heterocycles. The van der Waals surface area contributed by atoms with E-state index in [1.807, 2.05) is 30.3 Å². The number of hydrogen-bond acceptors (Lipinski definition) is 3. The predicted octanol–water partition coefficient (Wildman–Crippen LogP) is -0.910. The summed E-state index contributed by atoms with van der Waals surface area (Å²) in [4.78, 5) is 11.7. The van der Waals surface area contributed by atoms with Crippen LogP contribution in [0.5, 0.6) is 0 Å². The van der Waals surface area contributed by atoms with Gasteiger partial charge in [0.05, 0.1) is 26.2 Å². The van der Waals surface area contributed by atoms with E-state index >= 15 is 0 Å². The van der Waals surface area contributed by atoms with Crippen molar-refractivity contribution >= 4 is 5.91 Å². The van der Waals surface area contributed by atoms with Crippen molar-refractivity contribution in [2.75, 3.05) is 45.9 Å². The molecule has 1 amide bonds. The molecule has 1 atom stereocenters. The Labute approximate surface area is 169 Å². The standard InChI is InChI=1S/C19H33N3O2.HI/c1-4-22(5-2,6-3)14-15-24-18(16-21-19(23)12-13-20)17-10-8-7-9-11-17;/h7-11,18H,4-6,12-16,20H2,1-3H3;1H. The van der Waals surface area contributed by atoms with Gasteiger partial charge in [0, 0.05) is 19.5 Å². The van der Waals surface area contributed by atoms with Crippen molar-refractivity contribution in [2.45, 2.75) is 33.3 Å². The summed E-state index contributed by atoms with van der Waals surface area (Å²) < 4.78 is 7.21. The van der Waals surface area contributed by atoms with E-state index in [9.17, 15) is 4.79 Å². The molecule has 0 aromatic heterocycles. The van der Waals surface area contributed by atoms with Crippen LogP contribution in [-0.2, 0) is 9.53 Å². The van der Waals surface area contributed by atoms with Crippen molar-refractivity contribution in [2.24, 2.45) is 5.73 Å². The zero-order valence-corrected chi connectivity index (χ0v) is 18.0. The maximum Gasteiger partial charge on any atom is 0.221 e. The first-order chi connectivity index (χ1) is 11.6. The van der Waals surface area contributed by atoms with Crippen LogP contribution in [0.4, 0.5) is 0 Å². The summed E-state index contributed by atoms with van der Waals surface area (Å²) in [5.74, 6) is -0.0252. The van der Waals surface area contributed by atoms with Crippen molar-refractivity contribution in [1.29, 1.82) is 0 Å². The third-order valence-electron chi connectivity index (χ3n) is 4.92. The van der Waals surface area contributed by atoms with Gasteiger partial charge in [-0.15, -0.1) is 0 Å². The fraction of sp³-hybridized carbons (Fsp3) is 0.632. The van der Waals surface area contributed by atoms with Gasteiger partial charge in [0.15, 0.2) is 0 Å². The highest BCUT2D eigenvalue weighted by atomic mass is 127. The third-order valence-corrected chi connectivity index (χ3v) is 4.92. The summed E-state index contributed by atoms with van der Waals surface area (Å²) in [5, 5.41) is 2.92. The van der Waals surface area contributed by atoms with E-state index in [0.29, 0.717) is 26.1 Å². The minimum atomic E-state index is -0.125. The van der Waals surface area contributed by atoms with E-state index in [4.69, 9.17) is 10.5 Å². The van der Waals surface area contributed by atoms with Crippen LogP contribution >= 0.6 is 0 Å². The summed E-state index contributed by atoms with van der Waals surface area (Å²) in [6.07, 6.45) is 0.226. The summed E-state index contributed by atoms with van der Waals surface area (Å²) in [6, 6.07) is 10.1. The highest BCUT2D eigenvalue weighted by Crippen LogP contribution is 2.17. The van der Waals surface area contributed by atoms with Gasteiger partial charge in [0.25, 0.3) is 0 Å². The van der Waals surface area contributed by atoms with Crippen molar-refractivity contribution in [3.8, 4) is 0 Å². The Morgan fingerprint density at radius 3 is 2.28 bits per heavy atom. The van der Waals surface area contributed by atoms with Crippen LogP contribution in [0.3, 0.4) is 0 Å². The highest BCUT2D eigenvalue weighted by Gasteiger charge is 2.21. The van der Waals surface area contributed by atoms with Crippen molar-refractivity contribution in [3.05, 3.63) is 35.9 Å². The molecule has 3 N–H and O–H groups in total. The largest absolute Gasteiger partial charge is 1.00 e. The number of benzene rings is 1. The summed E-state index contributed by atoms with van der Waals surface area (Å²) >= 11 is 0. The zero-order chi connectivity index (χ0) is 17.8. The number of halogens is 1. The molecule has 0 saturated heterocycles. The number of rotatable bonds is 12. The zero-order valence-electron chi connectivity index (χ0n) is 15.8. The first-order valence-electron chi connectivity index (χ1n) is 9.09. The van der Waals surface area contributed by atoms with Crippen LogP contribution in [-0.4, -0.2) is 56.3 Å². The van der Waals surface area contributed by atoms with Gasteiger partial charge in [-0.25, -0.2) is 0 Å². The molecule has 6 heteroatoms. The second-order valence-corrected chi connectivity index (χ2v) is 6.13. The van der Waals surface area contributed by atoms with Crippen LogP contribution in [0.25, 0.3) is 0 Å². The molecule has 25 heavy (non-hydrogen) atoms. The molecule has 5 nitrogen and oxygen atoms in total. The number of nitrogens with two attached hydrogens (primary N) is 1. The molecule has 1 unspecified atom stereocenters. The Bertz CT molecular complexity index is 459. The van der Waals surface area contributed by atoms with Crippen LogP contribution in [0.1, 0.15) is 38.9 Å². The van der Waals surface area contributed by atoms with Crippen molar-refractivity contribution in [3.63, 3.8) is 0 Å². The average Bonchev–Trinajstić information content (AvgIpc) is 2.63. The average molecular weight is 463 g/mol. The molecule has 0 aliphatic rings. The van der Waals surface area contributed by atoms with Crippen LogP contribution in [0.15, 0.2) is 30.3 Å². The number of quaternary nitrogens is 1. The first kappa shape index (κ1) is 24.3. The lowest BCUT2D eigenvalue weighted by molar-refractivity contribution is -0.923. The van der Waals surface area contributed by atoms with Gasteiger partial charge in [0.1, 0.15) is 12.6 Å². The number of hydrogen-bond donors (Lipinski definition) is 2. The monoisotopic (exact) mass is 463 g/mol. The molecule has 0 spiro atoms. The molecule has 1 aromatic carbocycles. The number of nitrogens with zero attached hydrogens (tertiary/aromatic N) is 1. The van der Waals surface area contributed by atoms with Crippen LogP contribution < -0.4 is 35.0 Å². The van der Waals surface area contributed by atoms with Crippen LogP contribution in [0, 0.1) is 0 Å². The SMILES string of the molecule is CC[N+](CC)(CC)CCOC(CNC(=O)CCN)c1ccccc1.[I-]. The number of carbonyl (C=O) groups is 1. The highest BCUT2D eigenvalue weighted by molar-refractivity contribution is 5.76. The smallest absolute Gasteiger partial charge is 0.221 e. The lowest BCUT2D eigenvalue weighted by atomic mass is 10.1. The molecule has 0 heterocycles. The molecule has 0 fully saturated rings. The van der Waals surface area contributed by atoms with Crippen LogP contribution in [0.2, 0.25) is 0 Å². The van der Waals surface area contributed by atoms with Gasteiger partial charge in [0.2, 0.25) is 5.91 Å². The lowest BCUT2D eigenvalue weighted by Gasteiger charge is -2.36. The Morgan fingerprint density at radius 2 is 1.76 bits per heavy atom. The second kappa shape index (κ2) is 13.5. The summed E-state index contributed by atoms with van der Waals surface area (Å²) in [5.41, 5.74) is 6.52. The van der Waals surface area contributed by atoms with E-state index in [1.54, 1.807) is 0 Å². The Morgan fingerprint density at radius 1 is 1.16 bits per heavy atom. The van der Waals surface area contributed by atoms with Crippen molar-refractivity contribution in [1.82, 2.24) is 5.32 Å². The third kappa shape index (κ3) is 8.48. The number of carbonyl (C=O) groups excluding carboxylic acids is 1. The fourth-order valence-corrected chi connectivity index (χ4v) is 2.90. The van der Waals surface area contributed by atoms with E-state index in [0.717, 1.165) is 36.2 Å². The van der Waals surface area contributed by atoms with Gasteiger partial charge in [-0.2, -0.15) is 0 Å². The molecular formula is C19H34IN3O2. The molecule has 0 radical (unpaired) electrons. The van der Waals surface area contributed by atoms with Gasteiger partial charge < -0.3 is 44.2 Å². The second-order valence-electron chi connectivity index (χ2n) is 6.13. The van der Waals surface area contributed by atoms with Gasteiger partial charge in [-0.05, 0) is 26.3 Å². The van der Waals surface area contributed by atoms with E-state index in [-0.39, 0.29) is 36.0 Å². The minimum absolute atomic E-state index is 0. The molecule has 1 aromatic rings. The predicted molar refractivity (Wildman–Crippen MR) is 98.6 cm³/mol. The van der Waals surface area contributed by atoms with E-state index in [2.05, 4.69) is 26.1 Å². The molecular weight excluding hydrogens is 429 g/mol. The Balaban J connectivity index is 0.00000576. The molecule has 0 aliphatic carbocycles. The summed E-state index contributed by atoms with van der Waals surface area (Å²) in [7, 11) is 0. The molecule has 1 rings (SSSR count). The quantitative estimate of drug-likeness (QED) is 0.312. The maximum atomic E-state index is 11.7. The van der Waals surface area contributed by atoms with E-state index in [1.165, 1.54) is 0 Å². The molecule has 0 bridgehead atoms. The number of nitrogens with one attached hydrogen (secondary N) is 1. The van der Waals surface area contributed by atoms with Gasteiger partial charge in [-0.1, -0.05) is 30.3 Å². The first-order valence-corrected chi connectivity index (χ1v) is 9.09. The lowest BCUT2D eigenvalue weighted by Crippen LogP contribution is -3.00. The number of likely N-dealkylation sites (N-methyl/N-ethyl adjacent to an activating group) is 1. The number of ether oxygens (including phenoxy) is 1. The van der Waals surface area contributed by atoms with Gasteiger partial charge >= 0.3 is 0 Å². The van der Waals surface area contributed by atoms with Gasteiger partial charge in [-0.3, -0.25) is 4.79 Å². The molecule has 0 saturated carbocycles. The molecule has 144 valence electrons. The Hall–Kier alpha value is -0.700. The Kier molecular flexibility index (Phi) is 13.1. The topological polar surface area (TPSA) is 64.3 Å². The van der Waals surface area contributed by atoms with E-state index < -0.39 is 0 Å². The van der Waals surface area contributed by atoms with Crippen molar-refractivity contribution < 1.29 is 38.0 Å².